The van der Waals surface area contributed by atoms with Gasteiger partial charge in [-0.15, -0.1) is 0 Å². The number of nitrogens with zero attached hydrogens (tertiary/aromatic N) is 1. The summed E-state index contributed by atoms with van der Waals surface area (Å²) in [7, 11) is 3.45. The van der Waals surface area contributed by atoms with Gasteiger partial charge in [-0.05, 0) is 6.42 Å². The first-order chi connectivity index (χ1) is 7.85. The van der Waals surface area contributed by atoms with Gasteiger partial charge in [0.1, 0.15) is 0 Å². The van der Waals surface area contributed by atoms with Gasteiger partial charge in [-0.2, -0.15) is 0 Å². The van der Waals surface area contributed by atoms with Gasteiger partial charge in [0.05, 0.1) is 19.8 Å². The molecule has 98 valence electrons. The SMILES string of the molecule is COCCCN(CCOC)CCOCCN. The molecule has 16 heavy (non-hydrogen) atoms. The average molecular weight is 234 g/mol. The van der Waals surface area contributed by atoms with Gasteiger partial charge in [-0.3, -0.25) is 4.90 Å². The normalized spacial score (nSPS) is 11.2. The van der Waals surface area contributed by atoms with Crippen LogP contribution in [0, 0.1) is 0 Å². The first kappa shape index (κ1) is 15.8. The molecule has 0 aliphatic rings. The molecule has 0 radical (unpaired) electrons. The molecule has 0 unspecified atom stereocenters. The van der Waals surface area contributed by atoms with Crippen LogP contribution in [-0.4, -0.2) is 71.7 Å². The summed E-state index contributed by atoms with van der Waals surface area (Å²) in [4.78, 5) is 2.32. The van der Waals surface area contributed by atoms with Crippen LogP contribution < -0.4 is 5.73 Å². The molecule has 0 bridgehead atoms. The van der Waals surface area contributed by atoms with Gasteiger partial charge in [0.2, 0.25) is 0 Å². The first-order valence-electron chi connectivity index (χ1n) is 5.83. The van der Waals surface area contributed by atoms with E-state index in [1.807, 2.05) is 0 Å². The zero-order valence-electron chi connectivity index (χ0n) is 10.6. The van der Waals surface area contributed by atoms with Gasteiger partial charge >= 0.3 is 0 Å². The molecule has 0 atom stereocenters. The second-order valence-corrected chi connectivity index (χ2v) is 3.58. The van der Waals surface area contributed by atoms with Crippen molar-refractivity contribution in [2.45, 2.75) is 6.42 Å². The molecular formula is C11H26N2O3. The Morgan fingerprint density at radius 2 is 1.56 bits per heavy atom. The van der Waals surface area contributed by atoms with Crippen LogP contribution >= 0.6 is 0 Å². The van der Waals surface area contributed by atoms with Crippen molar-refractivity contribution in [3.8, 4) is 0 Å². The maximum absolute atomic E-state index is 5.36. The molecule has 0 heterocycles. The topological polar surface area (TPSA) is 57.0 Å². The lowest BCUT2D eigenvalue weighted by Crippen LogP contribution is -2.32. The highest BCUT2D eigenvalue weighted by Crippen LogP contribution is 1.93. The van der Waals surface area contributed by atoms with E-state index in [9.17, 15) is 0 Å². The fourth-order valence-electron chi connectivity index (χ4n) is 1.37. The Labute approximate surface area is 98.8 Å². The minimum absolute atomic E-state index is 0.585. The molecule has 2 N–H and O–H groups in total. The highest BCUT2D eigenvalue weighted by atomic mass is 16.5. The lowest BCUT2D eigenvalue weighted by Gasteiger charge is -2.21. The summed E-state index contributed by atoms with van der Waals surface area (Å²) in [5.74, 6) is 0. The van der Waals surface area contributed by atoms with Crippen LogP contribution in [0.1, 0.15) is 6.42 Å². The summed E-state index contributed by atoms with van der Waals surface area (Å²) in [6, 6.07) is 0. The van der Waals surface area contributed by atoms with E-state index in [-0.39, 0.29) is 0 Å². The Morgan fingerprint density at radius 1 is 0.875 bits per heavy atom. The van der Waals surface area contributed by atoms with Gasteiger partial charge in [-0.1, -0.05) is 0 Å². The van der Waals surface area contributed by atoms with E-state index < -0.39 is 0 Å². The third kappa shape index (κ3) is 10.3. The maximum atomic E-state index is 5.36. The Morgan fingerprint density at radius 3 is 2.19 bits per heavy atom. The Kier molecular flexibility index (Phi) is 12.7. The van der Waals surface area contributed by atoms with Crippen molar-refractivity contribution in [1.82, 2.24) is 4.90 Å². The third-order valence-electron chi connectivity index (χ3n) is 2.25. The summed E-state index contributed by atoms with van der Waals surface area (Å²) >= 11 is 0. The van der Waals surface area contributed by atoms with Crippen LogP contribution in [0.4, 0.5) is 0 Å². The van der Waals surface area contributed by atoms with Crippen LogP contribution in [0.15, 0.2) is 0 Å². The molecular weight excluding hydrogens is 208 g/mol. The fourth-order valence-corrected chi connectivity index (χ4v) is 1.37. The van der Waals surface area contributed by atoms with Gasteiger partial charge in [-0.25, -0.2) is 0 Å². The van der Waals surface area contributed by atoms with Crippen LogP contribution in [0.25, 0.3) is 0 Å². The summed E-state index contributed by atoms with van der Waals surface area (Å²) < 4.78 is 15.5. The van der Waals surface area contributed by atoms with Crippen molar-refractivity contribution in [1.29, 1.82) is 0 Å². The molecule has 0 rings (SSSR count). The van der Waals surface area contributed by atoms with Crippen LogP contribution in [0.5, 0.6) is 0 Å². The average Bonchev–Trinajstić information content (AvgIpc) is 2.31. The smallest absolute Gasteiger partial charge is 0.0594 e. The van der Waals surface area contributed by atoms with E-state index in [4.69, 9.17) is 19.9 Å². The van der Waals surface area contributed by atoms with Crippen molar-refractivity contribution in [2.24, 2.45) is 5.73 Å². The third-order valence-corrected chi connectivity index (χ3v) is 2.25. The maximum Gasteiger partial charge on any atom is 0.0594 e. The van der Waals surface area contributed by atoms with Crippen LogP contribution in [-0.2, 0) is 14.2 Å². The van der Waals surface area contributed by atoms with E-state index in [0.29, 0.717) is 13.2 Å². The minimum atomic E-state index is 0.585. The molecule has 0 saturated carbocycles. The molecule has 5 nitrogen and oxygen atoms in total. The lowest BCUT2D eigenvalue weighted by molar-refractivity contribution is 0.0860. The quantitative estimate of drug-likeness (QED) is 0.480. The van der Waals surface area contributed by atoms with Crippen molar-refractivity contribution in [2.75, 3.05) is 66.8 Å². The van der Waals surface area contributed by atoms with Crippen LogP contribution in [0.3, 0.4) is 0 Å². The predicted octanol–water partition coefficient (Wildman–Crippen LogP) is -0.0534. The van der Waals surface area contributed by atoms with E-state index in [0.717, 1.165) is 45.9 Å². The van der Waals surface area contributed by atoms with Crippen molar-refractivity contribution >= 4 is 0 Å². The molecule has 0 aromatic carbocycles. The van der Waals surface area contributed by atoms with Gasteiger partial charge in [0, 0.05) is 47.0 Å². The number of ether oxygens (including phenoxy) is 3. The van der Waals surface area contributed by atoms with E-state index in [1.54, 1.807) is 14.2 Å². The molecule has 0 amide bonds. The van der Waals surface area contributed by atoms with Crippen molar-refractivity contribution in [3.05, 3.63) is 0 Å². The van der Waals surface area contributed by atoms with E-state index in [1.165, 1.54) is 0 Å². The van der Waals surface area contributed by atoms with Gasteiger partial charge in [0.15, 0.2) is 0 Å². The molecule has 0 saturated heterocycles. The zero-order chi connectivity index (χ0) is 12.1. The summed E-state index contributed by atoms with van der Waals surface area (Å²) in [6.07, 6.45) is 1.04. The molecule has 5 heteroatoms. The largest absolute Gasteiger partial charge is 0.385 e. The van der Waals surface area contributed by atoms with Crippen molar-refractivity contribution < 1.29 is 14.2 Å². The second kappa shape index (κ2) is 12.9. The van der Waals surface area contributed by atoms with E-state index >= 15 is 0 Å². The highest BCUT2D eigenvalue weighted by molar-refractivity contribution is 4.57. The minimum Gasteiger partial charge on any atom is -0.385 e. The molecule has 0 aliphatic carbocycles. The number of rotatable bonds is 12. The molecule has 0 spiro atoms. The monoisotopic (exact) mass is 234 g/mol. The molecule has 0 fully saturated rings. The Bertz CT molecular complexity index is 136. The number of nitrogens with two attached hydrogens (primary N) is 1. The first-order valence-corrected chi connectivity index (χ1v) is 5.83. The van der Waals surface area contributed by atoms with Gasteiger partial charge < -0.3 is 19.9 Å². The number of hydrogen-bond acceptors (Lipinski definition) is 5. The summed E-state index contributed by atoms with van der Waals surface area (Å²) in [5, 5.41) is 0. The van der Waals surface area contributed by atoms with Gasteiger partial charge in [0.25, 0.3) is 0 Å². The van der Waals surface area contributed by atoms with Crippen LogP contribution in [0.2, 0.25) is 0 Å². The van der Waals surface area contributed by atoms with E-state index in [2.05, 4.69) is 4.90 Å². The predicted molar refractivity (Wildman–Crippen MR) is 64.7 cm³/mol. The van der Waals surface area contributed by atoms with Crippen molar-refractivity contribution in [3.63, 3.8) is 0 Å². The lowest BCUT2D eigenvalue weighted by atomic mass is 10.4. The summed E-state index contributed by atoms with van der Waals surface area (Å²) in [6.45, 7) is 6.38. The Hall–Kier alpha value is -0.200. The Balaban J connectivity index is 3.54. The zero-order valence-corrected chi connectivity index (χ0v) is 10.6. The number of hydrogen-bond donors (Lipinski definition) is 1. The second-order valence-electron chi connectivity index (χ2n) is 3.58. The highest BCUT2D eigenvalue weighted by Gasteiger charge is 2.03. The molecule has 0 aromatic rings. The molecule has 0 aromatic heterocycles. The fraction of sp³-hybridized carbons (Fsp3) is 1.00. The molecule has 0 aliphatic heterocycles. The summed E-state index contributed by atoms with van der Waals surface area (Å²) in [5.41, 5.74) is 5.35. The number of methoxy groups -OCH3 is 2. The standard InChI is InChI=1S/C11H26N2O3/c1-14-8-3-5-13(6-10-15-2)7-11-16-9-4-12/h3-12H2,1-2H3.